The molecule has 0 fully saturated rings. The summed E-state index contributed by atoms with van der Waals surface area (Å²) < 4.78 is 25.8. The molecule has 0 aromatic heterocycles. The van der Waals surface area contributed by atoms with Crippen molar-refractivity contribution >= 4 is 11.8 Å². The molecule has 0 aliphatic rings. The Bertz CT molecular complexity index is 317. The number of rotatable bonds is 5. The van der Waals surface area contributed by atoms with Crippen LogP contribution in [0, 0.1) is 0 Å². The van der Waals surface area contributed by atoms with Crippen LogP contribution < -0.4 is 5.32 Å². The molecular weight excluding hydrogens is 196 g/mol. The molecule has 82 valence electrons. The molecule has 0 aliphatic carbocycles. The Kier molecular flexibility index (Phi) is 3.83. The van der Waals surface area contributed by atoms with E-state index in [2.05, 4.69) is 11.9 Å². The quantitative estimate of drug-likeness (QED) is 0.781. The van der Waals surface area contributed by atoms with E-state index in [1.165, 1.54) is 6.92 Å². The lowest BCUT2D eigenvalue weighted by molar-refractivity contribution is 0.0116. The van der Waals surface area contributed by atoms with Gasteiger partial charge in [0.1, 0.15) is 0 Å². The molecule has 0 heterocycles. The molecule has 15 heavy (non-hydrogen) atoms. The highest BCUT2D eigenvalue weighted by molar-refractivity contribution is 5.53. The van der Waals surface area contributed by atoms with E-state index in [0.717, 1.165) is 5.56 Å². The second-order valence-electron chi connectivity index (χ2n) is 3.39. The number of nitrogens with one attached hydrogen (secondary N) is 1. The van der Waals surface area contributed by atoms with Crippen molar-refractivity contribution in [2.45, 2.75) is 19.3 Å². The minimum Gasteiger partial charge on any atom is -0.379 e. The lowest BCUT2D eigenvalue weighted by Gasteiger charge is -2.15. The maximum absolute atomic E-state index is 12.9. The van der Waals surface area contributed by atoms with Gasteiger partial charge in [0.2, 0.25) is 0 Å². The molecule has 0 saturated heterocycles. The third-order valence-electron chi connectivity index (χ3n) is 2.21. The van der Waals surface area contributed by atoms with Gasteiger partial charge in [0.05, 0.1) is 6.54 Å². The van der Waals surface area contributed by atoms with Gasteiger partial charge in [-0.3, -0.25) is 0 Å². The van der Waals surface area contributed by atoms with Gasteiger partial charge >= 0.3 is 0 Å². The smallest absolute Gasteiger partial charge is 0.264 e. The summed E-state index contributed by atoms with van der Waals surface area (Å²) in [7, 11) is 0. The number of halogens is 2. The lowest BCUT2D eigenvalue weighted by atomic mass is 10.2. The second-order valence-corrected chi connectivity index (χ2v) is 3.39. The van der Waals surface area contributed by atoms with E-state index in [9.17, 15) is 8.78 Å². The van der Waals surface area contributed by atoms with E-state index in [4.69, 9.17) is 0 Å². The molecule has 1 aromatic rings. The van der Waals surface area contributed by atoms with Crippen LogP contribution in [0.3, 0.4) is 0 Å². The molecule has 0 spiro atoms. The summed E-state index contributed by atoms with van der Waals surface area (Å²) in [6.07, 6.45) is 1.56. The van der Waals surface area contributed by atoms with Crippen molar-refractivity contribution in [3.63, 3.8) is 0 Å². The van der Waals surface area contributed by atoms with Crippen molar-refractivity contribution in [3.8, 4) is 0 Å². The maximum atomic E-state index is 12.9. The van der Waals surface area contributed by atoms with Crippen molar-refractivity contribution in [1.82, 2.24) is 0 Å². The fraction of sp³-hybridized carbons (Fsp3) is 0.333. The normalized spacial score (nSPS) is 11.1. The van der Waals surface area contributed by atoms with Crippen LogP contribution >= 0.6 is 0 Å². The van der Waals surface area contributed by atoms with Crippen LogP contribution in [0.25, 0.3) is 6.08 Å². The number of alkyl halides is 2. The van der Waals surface area contributed by atoms with Crippen LogP contribution in [-0.4, -0.2) is 12.5 Å². The summed E-state index contributed by atoms with van der Waals surface area (Å²) in [6.45, 7) is 4.77. The summed E-state index contributed by atoms with van der Waals surface area (Å²) >= 11 is 0. The summed E-state index contributed by atoms with van der Waals surface area (Å²) in [5, 5.41) is 2.70. The number of hydrogen-bond donors (Lipinski definition) is 1. The van der Waals surface area contributed by atoms with Gasteiger partial charge in [-0.2, -0.15) is 0 Å². The van der Waals surface area contributed by atoms with Gasteiger partial charge in [-0.1, -0.05) is 31.7 Å². The molecule has 1 aromatic carbocycles. The van der Waals surface area contributed by atoms with Gasteiger partial charge in [0, 0.05) is 12.1 Å². The summed E-state index contributed by atoms with van der Waals surface area (Å²) in [4.78, 5) is 0. The van der Waals surface area contributed by atoms with Gasteiger partial charge in [-0.25, -0.2) is 8.78 Å². The van der Waals surface area contributed by atoms with E-state index < -0.39 is 5.92 Å². The molecule has 0 bridgehead atoms. The fourth-order valence-electron chi connectivity index (χ4n) is 1.09. The number of hydrogen-bond acceptors (Lipinski definition) is 1. The van der Waals surface area contributed by atoms with Gasteiger partial charge < -0.3 is 5.32 Å². The van der Waals surface area contributed by atoms with E-state index in [1.54, 1.807) is 18.2 Å². The van der Waals surface area contributed by atoms with E-state index in [-0.39, 0.29) is 13.0 Å². The Morgan fingerprint density at radius 3 is 2.40 bits per heavy atom. The van der Waals surface area contributed by atoms with Crippen molar-refractivity contribution < 1.29 is 8.78 Å². The lowest BCUT2D eigenvalue weighted by Crippen LogP contribution is -2.25. The van der Waals surface area contributed by atoms with Crippen LogP contribution in [0.4, 0.5) is 14.5 Å². The van der Waals surface area contributed by atoms with Crippen LogP contribution in [0.1, 0.15) is 18.9 Å². The minimum absolute atomic E-state index is 0.148. The highest BCUT2D eigenvalue weighted by atomic mass is 19.3. The summed E-state index contributed by atoms with van der Waals surface area (Å²) in [6, 6.07) is 7.20. The molecule has 0 saturated carbocycles. The first kappa shape index (κ1) is 11.7. The van der Waals surface area contributed by atoms with E-state index in [1.807, 2.05) is 12.1 Å². The van der Waals surface area contributed by atoms with Crippen LogP contribution in [0.2, 0.25) is 0 Å². The maximum Gasteiger partial charge on any atom is 0.264 e. The average Bonchev–Trinajstić information content (AvgIpc) is 2.27. The average molecular weight is 211 g/mol. The molecule has 0 amide bonds. The van der Waals surface area contributed by atoms with Crippen LogP contribution in [0.15, 0.2) is 30.8 Å². The SMILES string of the molecule is C=Cc1ccc(NCC(F)(F)CC)cc1. The molecule has 1 rings (SSSR count). The van der Waals surface area contributed by atoms with Crippen molar-refractivity contribution in [1.29, 1.82) is 0 Å². The highest BCUT2D eigenvalue weighted by Gasteiger charge is 2.25. The van der Waals surface area contributed by atoms with E-state index in [0.29, 0.717) is 5.69 Å². The standard InChI is InChI=1S/C12H15F2N/c1-3-10-5-7-11(8-6-10)15-9-12(13,14)4-2/h3,5-8,15H,1,4,9H2,2H3. The molecule has 1 N–H and O–H groups in total. The van der Waals surface area contributed by atoms with Crippen molar-refractivity contribution in [2.75, 3.05) is 11.9 Å². The van der Waals surface area contributed by atoms with Crippen molar-refractivity contribution in [3.05, 3.63) is 36.4 Å². The third-order valence-corrected chi connectivity index (χ3v) is 2.21. The van der Waals surface area contributed by atoms with Gasteiger partial charge in [-0.05, 0) is 17.7 Å². The van der Waals surface area contributed by atoms with E-state index >= 15 is 0 Å². The predicted molar refractivity (Wildman–Crippen MR) is 60.3 cm³/mol. The summed E-state index contributed by atoms with van der Waals surface area (Å²) in [5.41, 5.74) is 1.68. The Balaban J connectivity index is 2.54. The fourth-order valence-corrected chi connectivity index (χ4v) is 1.09. The van der Waals surface area contributed by atoms with Crippen LogP contribution in [0.5, 0.6) is 0 Å². The van der Waals surface area contributed by atoms with Crippen molar-refractivity contribution in [2.24, 2.45) is 0 Å². The molecule has 0 atom stereocenters. The molecule has 0 radical (unpaired) electrons. The first-order chi connectivity index (χ1) is 7.07. The molecular formula is C12H15F2N. The number of anilines is 1. The zero-order valence-electron chi connectivity index (χ0n) is 8.76. The Morgan fingerprint density at radius 2 is 1.93 bits per heavy atom. The molecule has 3 heteroatoms. The zero-order chi connectivity index (χ0) is 11.3. The van der Waals surface area contributed by atoms with Crippen LogP contribution in [-0.2, 0) is 0 Å². The Hall–Kier alpha value is -1.38. The third kappa shape index (κ3) is 3.70. The molecule has 0 aliphatic heterocycles. The predicted octanol–water partition coefficient (Wildman–Crippen LogP) is 3.79. The first-order valence-electron chi connectivity index (χ1n) is 4.91. The summed E-state index contributed by atoms with van der Waals surface area (Å²) in [5.74, 6) is -2.64. The van der Waals surface area contributed by atoms with Gasteiger partial charge in [0.25, 0.3) is 5.92 Å². The number of benzene rings is 1. The second kappa shape index (κ2) is 4.91. The minimum atomic E-state index is -2.64. The highest BCUT2D eigenvalue weighted by Crippen LogP contribution is 2.19. The topological polar surface area (TPSA) is 12.0 Å². The Labute approximate surface area is 88.8 Å². The largest absolute Gasteiger partial charge is 0.379 e. The Morgan fingerprint density at radius 1 is 1.33 bits per heavy atom. The zero-order valence-corrected chi connectivity index (χ0v) is 8.76. The van der Waals surface area contributed by atoms with Gasteiger partial charge in [-0.15, -0.1) is 0 Å². The molecule has 0 unspecified atom stereocenters. The molecule has 1 nitrogen and oxygen atoms in total. The monoisotopic (exact) mass is 211 g/mol. The first-order valence-corrected chi connectivity index (χ1v) is 4.91. The van der Waals surface area contributed by atoms with Gasteiger partial charge in [0.15, 0.2) is 0 Å².